The van der Waals surface area contributed by atoms with E-state index in [2.05, 4.69) is 31.3 Å². The second kappa shape index (κ2) is 35.4. The number of hydrogen-bond acceptors (Lipinski definition) is 5. The largest absolute Gasteiger partial charge is 0.394 e. The van der Waals surface area contributed by atoms with Gasteiger partial charge >= 0.3 is 0 Å². The van der Waals surface area contributed by atoms with Crippen molar-refractivity contribution in [3.63, 3.8) is 0 Å². The van der Waals surface area contributed by atoms with E-state index in [0.717, 1.165) is 38.5 Å². The third-order valence-corrected chi connectivity index (χ3v) is 9.48. The monoisotopic (exact) mass is 654 g/mol. The van der Waals surface area contributed by atoms with Gasteiger partial charge in [0.15, 0.2) is 0 Å². The number of carbonyl (C=O) groups is 1. The zero-order valence-corrected chi connectivity index (χ0v) is 30.6. The van der Waals surface area contributed by atoms with E-state index in [9.17, 15) is 25.2 Å². The Labute approximate surface area is 285 Å². The minimum absolute atomic E-state index is 0.368. The molecule has 0 aromatic rings. The number of unbranched alkanes of at least 4 members (excludes halogenated alkanes) is 25. The first-order chi connectivity index (χ1) is 22.5. The fourth-order valence-electron chi connectivity index (χ4n) is 6.23. The maximum Gasteiger partial charge on any atom is 0.249 e. The number of allylic oxidation sites excluding steroid dienone is 2. The molecule has 0 aliphatic heterocycles. The van der Waals surface area contributed by atoms with Crippen LogP contribution in [-0.2, 0) is 4.79 Å². The SMILES string of the molecule is CCCCCCCCC/C=C/CCCC(O)C(O)C(CO)NC(=O)C(O)CCCCCCCCCCCCCCCCCCCC. The molecule has 4 atom stereocenters. The van der Waals surface area contributed by atoms with E-state index in [-0.39, 0.29) is 0 Å². The molecule has 0 fully saturated rings. The highest BCUT2D eigenvalue weighted by molar-refractivity contribution is 5.80. The zero-order chi connectivity index (χ0) is 33.9. The van der Waals surface area contributed by atoms with Crippen LogP contribution in [0.15, 0.2) is 12.2 Å². The van der Waals surface area contributed by atoms with Crippen LogP contribution in [0.3, 0.4) is 0 Å². The minimum atomic E-state index is -1.28. The molecular formula is C40H79NO5. The Morgan fingerprint density at radius 2 is 0.891 bits per heavy atom. The first-order valence-corrected chi connectivity index (χ1v) is 20.1. The van der Waals surface area contributed by atoms with Gasteiger partial charge in [0.1, 0.15) is 12.2 Å². The lowest BCUT2D eigenvalue weighted by Gasteiger charge is -2.27. The average molecular weight is 654 g/mol. The van der Waals surface area contributed by atoms with E-state index >= 15 is 0 Å². The summed E-state index contributed by atoms with van der Waals surface area (Å²) in [6.45, 7) is 4.02. The van der Waals surface area contributed by atoms with Gasteiger partial charge in [0.2, 0.25) is 5.91 Å². The van der Waals surface area contributed by atoms with E-state index in [4.69, 9.17) is 0 Å². The van der Waals surface area contributed by atoms with Crippen LogP contribution in [-0.4, -0.2) is 57.3 Å². The lowest BCUT2D eigenvalue weighted by atomic mass is 10.00. The number of rotatable bonds is 36. The van der Waals surface area contributed by atoms with Crippen molar-refractivity contribution in [3.05, 3.63) is 12.2 Å². The normalized spacial score (nSPS) is 14.5. The third kappa shape index (κ3) is 29.2. The average Bonchev–Trinajstić information content (AvgIpc) is 3.06. The van der Waals surface area contributed by atoms with E-state index in [1.807, 2.05) is 0 Å². The molecule has 274 valence electrons. The highest BCUT2D eigenvalue weighted by atomic mass is 16.3. The summed E-state index contributed by atoms with van der Waals surface area (Å²) >= 11 is 0. The minimum Gasteiger partial charge on any atom is -0.394 e. The maximum atomic E-state index is 12.5. The molecule has 0 radical (unpaired) electrons. The quantitative estimate of drug-likeness (QED) is 0.0342. The number of amides is 1. The molecule has 0 saturated carbocycles. The van der Waals surface area contributed by atoms with Crippen molar-refractivity contribution >= 4 is 5.91 Å². The molecular weight excluding hydrogens is 574 g/mol. The predicted molar refractivity (Wildman–Crippen MR) is 196 cm³/mol. The van der Waals surface area contributed by atoms with Crippen LogP contribution >= 0.6 is 0 Å². The summed E-state index contributed by atoms with van der Waals surface area (Å²) in [6, 6.07) is -0.995. The van der Waals surface area contributed by atoms with E-state index in [0.29, 0.717) is 12.8 Å². The van der Waals surface area contributed by atoms with Crippen molar-refractivity contribution in [2.45, 2.75) is 231 Å². The molecule has 0 spiro atoms. The molecule has 1 amide bonds. The fourth-order valence-corrected chi connectivity index (χ4v) is 6.23. The van der Waals surface area contributed by atoms with Crippen LogP contribution in [0, 0.1) is 0 Å². The Morgan fingerprint density at radius 1 is 0.522 bits per heavy atom. The van der Waals surface area contributed by atoms with Gasteiger partial charge in [-0.3, -0.25) is 4.79 Å². The Kier molecular flexibility index (Phi) is 34.6. The first kappa shape index (κ1) is 45.0. The van der Waals surface area contributed by atoms with Crippen LogP contribution in [0.5, 0.6) is 0 Å². The number of nitrogens with one attached hydrogen (secondary N) is 1. The van der Waals surface area contributed by atoms with Gasteiger partial charge in [-0.15, -0.1) is 0 Å². The lowest BCUT2D eigenvalue weighted by Crippen LogP contribution is -2.53. The highest BCUT2D eigenvalue weighted by Gasteiger charge is 2.28. The molecule has 0 bridgehead atoms. The lowest BCUT2D eigenvalue weighted by molar-refractivity contribution is -0.132. The molecule has 0 rings (SSSR count). The number of hydrogen-bond donors (Lipinski definition) is 5. The molecule has 5 N–H and O–H groups in total. The highest BCUT2D eigenvalue weighted by Crippen LogP contribution is 2.16. The van der Waals surface area contributed by atoms with Gasteiger partial charge in [0.05, 0.1) is 18.8 Å². The van der Waals surface area contributed by atoms with E-state index in [1.54, 1.807) is 0 Å². The molecule has 0 aromatic heterocycles. The van der Waals surface area contributed by atoms with Gasteiger partial charge in [0.25, 0.3) is 0 Å². The Bertz CT molecular complexity index is 658. The van der Waals surface area contributed by atoms with Crippen LogP contribution in [0.25, 0.3) is 0 Å². The molecule has 6 nitrogen and oxygen atoms in total. The van der Waals surface area contributed by atoms with Crippen molar-refractivity contribution in [3.8, 4) is 0 Å². The second-order valence-corrected chi connectivity index (χ2v) is 14.0. The Balaban J connectivity index is 3.77. The summed E-state index contributed by atoms with van der Waals surface area (Å²) in [5, 5.41) is 43.5. The molecule has 0 aromatic carbocycles. The predicted octanol–water partition coefficient (Wildman–Crippen LogP) is 9.85. The summed E-state index contributed by atoms with van der Waals surface area (Å²) in [5.74, 6) is -0.592. The van der Waals surface area contributed by atoms with Gasteiger partial charge in [-0.2, -0.15) is 0 Å². The maximum absolute atomic E-state index is 12.5. The second-order valence-electron chi connectivity index (χ2n) is 14.0. The molecule has 0 aliphatic carbocycles. The molecule has 46 heavy (non-hydrogen) atoms. The van der Waals surface area contributed by atoms with Crippen molar-refractivity contribution in [2.75, 3.05) is 6.61 Å². The summed E-state index contributed by atoms with van der Waals surface area (Å²) in [6.07, 6.45) is 36.7. The van der Waals surface area contributed by atoms with E-state index in [1.165, 1.54) is 141 Å². The summed E-state index contributed by atoms with van der Waals surface area (Å²) < 4.78 is 0. The van der Waals surface area contributed by atoms with Crippen LogP contribution in [0.4, 0.5) is 0 Å². The van der Waals surface area contributed by atoms with Gasteiger partial charge in [-0.25, -0.2) is 0 Å². The van der Waals surface area contributed by atoms with Crippen LogP contribution in [0.2, 0.25) is 0 Å². The Hall–Kier alpha value is -0.950. The van der Waals surface area contributed by atoms with Gasteiger partial charge in [-0.1, -0.05) is 180 Å². The molecule has 0 aliphatic rings. The first-order valence-electron chi connectivity index (χ1n) is 20.1. The molecule has 0 heterocycles. The number of carbonyl (C=O) groups excluding carboxylic acids is 1. The third-order valence-electron chi connectivity index (χ3n) is 9.48. The molecule has 6 heteroatoms. The topological polar surface area (TPSA) is 110 Å². The summed E-state index contributed by atoms with van der Waals surface area (Å²) in [4.78, 5) is 12.5. The van der Waals surface area contributed by atoms with Crippen molar-refractivity contribution in [1.29, 1.82) is 0 Å². The van der Waals surface area contributed by atoms with Gasteiger partial charge in [-0.05, 0) is 38.5 Å². The smallest absolute Gasteiger partial charge is 0.249 e. The van der Waals surface area contributed by atoms with Crippen LogP contribution in [0.1, 0.15) is 206 Å². The standard InChI is InChI=1S/C40H79NO5/c1-3-5-7-9-11-13-15-17-18-19-20-21-22-24-26-28-30-32-34-38(44)40(46)41-36(35-42)39(45)37(43)33-31-29-27-25-23-16-14-12-10-8-6-4-2/h25,27,36-39,42-45H,3-24,26,28-35H2,1-2H3,(H,41,46)/b27-25+. The molecule has 0 saturated heterocycles. The fraction of sp³-hybridized carbons (Fsp3) is 0.925. The zero-order valence-electron chi connectivity index (χ0n) is 30.6. The van der Waals surface area contributed by atoms with Crippen molar-refractivity contribution in [2.24, 2.45) is 0 Å². The summed E-state index contributed by atoms with van der Waals surface area (Å²) in [5.41, 5.74) is 0. The van der Waals surface area contributed by atoms with E-state index < -0.39 is 36.9 Å². The van der Waals surface area contributed by atoms with Gasteiger partial charge in [0, 0.05) is 0 Å². The van der Waals surface area contributed by atoms with Crippen molar-refractivity contribution < 1.29 is 25.2 Å². The summed E-state index contributed by atoms with van der Waals surface area (Å²) in [7, 11) is 0. The Morgan fingerprint density at radius 3 is 1.30 bits per heavy atom. The number of aliphatic hydroxyl groups excluding tert-OH is 4. The van der Waals surface area contributed by atoms with Crippen LogP contribution < -0.4 is 5.32 Å². The van der Waals surface area contributed by atoms with Gasteiger partial charge < -0.3 is 25.7 Å². The molecule has 4 unspecified atom stereocenters. The van der Waals surface area contributed by atoms with Crippen molar-refractivity contribution in [1.82, 2.24) is 5.32 Å². The number of aliphatic hydroxyl groups is 4.